The first-order valence-corrected chi connectivity index (χ1v) is 6.47. The number of benzene rings is 2. The topological polar surface area (TPSA) is 116 Å². The van der Waals surface area contributed by atoms with Crippen LogP contribution in [-0.4, -0.2) is 15.9 Å². The summed E-state index contributed by atoms with van der Waals surface area (Å²) < 4.78 is 0. The number of carbonyl (C=O) groups excluding carboxylic acids is 1. The summed E-state index contributed by atoms with van der Waals surface area (Å²) in [6.45, 7) is 0. The Balaban J connectivity index is 2.31. The van der Waals surface area contributed by atoms with Crippen molar-refractivity contribution in [3.05, 3.63) is 69.8 Å². The van der Waals surface area contributed by atoms with E-state index in [2.05, 4.69) is 5.32 Å². The average Bonchev–Trinajstić information content (AvgIpc) is 2.54. The monoisotopic (exact) mass is 309 g/mol. The van der Waals surface area contributed by atoms with E-state index in [-0.39, 0.29) is 22.7 Å². The van der Waals surface area contributed by atoms with Crippen molar-refractivity contribution in [1.82, 2.24) is 0 Å². The number of rotatable bonds is 4. The van der Waals surface area contributed by atoms with Gasteiger partial charge in [-0.25, -0.2) is 0 Å². The van der Waals surface area contributed by atoms with Gasteiger partial charge in [-0.05, 0) is 18.2 Å². The standard InChI is InChI=1S/C16H11N3O4/c17-10-12(9-11-5-1-4-8-15(11)20)16(21)18-13-6-2-3-7-14(13)19(22)23/h1-9,20H,(H,18,21)/b12-9+. The minimum absolute atomic E-state index is 0.0130. The molecule has 0 spiro atoms. The lowest BCUT2D eigenvalue weighted by molar-refractivity contribution is -0.383. The lowest BCUT2D eigenvalue weighted by atomic mass is 10.1. The largest absolute Gasteiger partial charge is 0.507 e. The van der Waals surface area contributed by atoms with Gasteiger partial charge in [0.15, 0.2) is 0 Å². The van der Waals surface area contributed by atoms with E-state index in [9.17, 15) is 20.0 Å². The van der Waals surface area contributed by atoms with Crippen molar-refractivity contribution in [2.45, 2.75) is 0 Å². The molecule has 0 saturated heterocycles. The van der Waals surface area contributed by atoms with Crippen LogP contribution in [-0.2, 0) is 4.79 Å². The van der Waals surface area contributed by atoms with Crippen molar-refractivity contribution in [2.24, 2.45) is 0 Å². The molecule has 114 valence electrons. The molecule has 7 heteroatoms. The van der Waals surface area contributed by atoms with Crippen LogP contribution in [0, 0.1) is 21.4 Å². The third-order valence-corrected chi connectivity index (χ3v) is 2.95. The molecule has 0 radical (unpaired) electrons. The normalized spacial score (nSPS) is 10.7. The molecule has 1 amide bonds. The molecule has 2 N–H and O–H groups in total. The predicted octanol–water partition coefficient (Wildman–Crippen LogP) is 2.85. The molecule has 0 bridgehead atoms. The molecule has 0 aliphatic carbocycles. The van der Waals surface area contributed by atoms with Gasteiger partial charge in [0.25, 0.3) is 11.6 Å². The second-order valence-electron chi connectivity index (χ2n) is 4.46. The molecule has 7 nitrogen and oxygen atoms in total. The fourth-order valence-electron chi connectivity index (χ4n) is 1.84. The number of nitrogens with zero attached hydrogens (tertiary/aromatic N) is 2. The van der Waals surface area contributed by atoms with Crippen LogP contribution in [0.5, 0.6) is 5.75 Å². The van der Waals surface area contributed by atoms with E-state index in [1.807, 2.05) is 0 Å². The fraction of sp³-hybridized carbons (Fsp3) is 0. The molecule has 23 heavy (non-hydrogen) atoms. The first-order chi connectivity index (χ1) is 11.0. The summed E-state index contributed by atoms with van der Waals surface area (Å²) in [7, 11) is 0. The van der Waals surface area contributed by atoms with Crippen LogP contribution >= 0.6 is 0 Å². The van der Waals surface area contributed by atoms with E-state index in [0.717, 1.165) is 0 Å². The molecule has 2 aromatic rings. The molecule has 0 saturated carbocycles. The van der Waals surface area contributed by atoms with Gasteiger partial charge >= 0.3 is 0 Å². The lowest BCUT2D eigenvalue weighted by Crippen LogP contribution is -2.14. The molecule has 2 rings (SSSR count). The third kappa shape index (κ3) is 3.71. The van der Waals surface area contributed by atoms with Crippen molar-refractivity contribution in [3.63, 3.8) is 0 Å². The Bertz CT molecular complexity index is 837. The second kappa shape index (κ2) is 6.87. The molecule has 0 fully saturated rings. The molecule has 0 heterocycles. The summed E-state index contributed by atoms with van der Waals surface area (Å²) in [5.74, 6) is -0.885. The predicted molar refractivity (Wildman–Crippen MR) is 83.4 cm³/mol. The number of para-hydroxylation sites is 3. The Morgan fingerprint density at radius 1 is 1.22 bits per heavy atom. The van der Waals surface area contributed by atoms with E-state index >= 15 is 0 Å². The summed E-state index contributed by atoms with van der Waals surface area (Å²) >= 11 is 0. The summed E-state index contributed by atoms with van der Waals surface area (Å²) in [6.07, 6.45) is 1.21. The number of nitro benzene ring substituents is 1. The molecule has 0 aliphatic rings. The molecule has 0 atom stereocenters. The number of phenols is 1. The van der Waals surface area contributed by atoms with Crippen LogP contribution in [0.4, 0.5) is 11.4 Å². The van der Waals surface area contributed by atoms with E-state index < -0.39 is 10.8 Å². The van der Waals surface area contributed by atoms with Gasteiger partial charge in [-0.1, -0.05) is 30.3 Å². The highest BCUT2D eigenvalue weighted by Gasteiger charge is 2.17. The van der Waals surface area contributed by atoms with Crippen molar-refractivity contribution in [2.75, 3.05) is 5.32 Å². The number of amides is 1. The highest BCUT2D eigenvalue weighted by atomic mass is 16.6. The van der Waals surface area contributed by atoms with Gasteiger partial charge < -0.3 is 10.4 Å². The zero-order chi connectivity index (χ0) is 16.8. The summed E-state index contributed by atoms with van der Waals surface area (Å²) in [6, 6.07) is 13.5. The van der Waals surface area contributed by atoms with Gasteiger partial charge in [-0.3, -0.25) is 14.9 Å². The van der Waals surface area contributed by atoms with Crippen LogP contribution < -0.4 is 5.32 Å². The van der Waals surface area contributed by atoms with Crippen molar-refractivity contribution in [1.29, 1.82) is 5.26 Å². The molecule has 0 aromatic heterocycles. The highest BCUT2D eigenvalue weighted by molar-refractivity contribution is 6.10. The molecular weight excluding hydrogens is 298 g/mol. The van der Waals surface area contributed by atoms with Crippen LogP contribution in [0.1, 0.15) is 5.56 Å². The van der Waals surface area contributed by atoms with E-state index in [1.165, 1.54) is 42.5 Å². The average molecular weight is 309 g/mol. The number of nitrogens with one attached hydrogen (secondary N) is 1. The van der Waals surface area contributed by atoms with Gasteiger partial charge in [-0.2, -0.15) is 5.26 Å². The number of carbonyl (C=O) groups is 1. The van der Waals surface area contributed by atoms with Crippen LogP contribution in [0.15, 0.2) is 54.1 Å². The molecular formula is C16H11N3O4. The Labute approximate surface area is 131 Å². The molecule has 0 unspecified atom stereocenters. The minimum Gasteiger partial charge on any atom is -0.507 e. The van der Waals surface area contributed by atoms with Crippen molar-refractivity contribution >= 4 is 23.4 Å². The third-order valence-electron chi connectivity index (χ3n) is 2.95. The SMILES string of the molecule is N#C/C(=C\c1ccccc1O)C(=O)Nc1ccccc1[N+](=O)[O-]. The number of aromatic hydroxyl groups is 1. The fourth-order valence-corrected chi connectivity index (χ4v) is 1.84. The summed E-state index contributed by atoms with van der Waals surface area (Å²) in [5.41, 5.74) is -0.284. The van der Waals surface area contributed by atoms with Gasteiger partial charge in [-0.15, -0.1) is 0 Å². The zero-order valence-corrected chi connectivity index (χ0v) is 11.8. The van der Waals surface area contributed by atoms with Crippen LogP contribution in [0.2, 0.25) is 0 Å². The van der Waals surface area contributed by atoms with Gasteiger partial charge in [0.2, 0.25) is 0 Å². The smallest absolute Gasteiger partial charge is 0.292 e. The number of nitro groups is 1. The summed E-state index contributed by atoms with van der Waals surface area (Å²) in [5, 5.41) is 32.0. The number of phenolic OH excluding ortho intramolecular Hbond substituents is 1. The number of hydrogen-bond acceptors (Lipinski definition) is 5. The highest BCUT2D eigenvalue weighted by Crippen LogP contribution is 2.24. The van der Waals surface area contributed by atoms with Crippen LogP contribution in [0.25, 0.3) is 6.08 Å². The molecule has 0 aliphatic heterocycles. The minimum atomic E-state index is -0.801. The lowest BCUT2D eigenvalue weighted by Gasteiger charge is -2.05. The Morgan fingerprint density at radius 3 is 2.52 bits per heavy atom. The Morgan fingerprint density at radius 2 is 1.87 bits per heavy atom. The first-order valence-electron chi connectivity index (χ1n) is 6.47. The maximum Gasteiger partial charge on any atom is 0.292 e. The van der Waals surface area contributed by atoms with Gasteiger partial charge in [0.1, 0.15) is 23.1 Å². The van der Waals surface area contributed by atoms with Gasteiger partial charge in [0.05, 0.1) is 4.92 Å². The Kier molecular flexibility index (Phi) is 4.69. The number of anilines is 1. The number of hydrogen-bond donors (Lipinski definition) is 2. The zero-order valence-electron chi connectivity index (χ0n) is 11.8. The van der Waals surface area contributed by atoms with E-state index in [1.54, 1.807) is 18.2 Å². The van der Waals surface area contributed by atoms with E-state index in [4.69, 9.17) is 5.26 Å². The van der Waals surface area contributed by atoms with Crippen molar-refractivity contribution < 1.29 is 14.8 Å². The van der Waals surface area contributed by atoms with Crippen molar-refractivity contribution in [3.8, 4) is 11.8 Å². The quantitative estimate of drug-likeness (QED) is 0.390. The number of nitriles is 1. The van der Waals surface area contributed by atoms with Crippen LogP contribution in [0.3, 0.4) is 0 Å². The van der Waals surface area contributed by atoms with E-state index in [0.29, 0.717) is 5.56 Å². The molecule has 2 aromatic carbocycles. The second-order valence-corrected chi connectivity index (χ2v) is 4.46. The maximum absolute atomic E-state index is 12.1. The first kappa shape index (κ1) is 15.7. The summed E-state index contributed by atoms with van der Waals surface area (Å²) in [4.78, 5) is 22.4. The van der Waals surface area contributed by atoms with Gasteiger partial charge in [0, 0.05) is 11.6 Å². The maximum atomic E-state index is 12.1. The Hall–Kier alpha value is -3.66.